The zero-order chi connectivity index (χ0) is 18.3. The van der Waals surface area contributed by atoms with E-state index in [9.17, 15) is 0 Å². The van der Waals surface area contributed by atoms with Gasteiger partial charge in [0.15, 0.2) is 5.96 Å². The highest BCUT2D eigenvalue weighted by molar-refractivity contribution is 5.79. The summed E-state index contributed by atoms with van der Waals surface area (Å²) < 4.78 is 11.0. The van der Waals surface area contributed by atoms with Gasteiger partial charge >= 0.3 is 0 Å². The molecule has 2 rings (SSSR count). The summed E-state index contributed by atoms with van der Waals surface area (Å²) in [6.07, 6.45) is 2.06. The summed E-state index contributed by atoms with van der Waals surface area (Å²) in [5.41, 5.74) is 1.25. The van der Waals surface area contributed by atoms with E-state index < -0.39 is 0 Å². The molecule has 0 aromatic heterocycles. The Balaban J connectivity index is 2.01. The second kappa shape index (κ2) is 9.06. The number of nitrogens with zero attached hydrogens (tertiary/aromatic N) is 3. The van der Waals surface area contributed by atoms with Crippen LogP contribution in [-0.2, 0) is 11.3 Å². The third kappa shape index (κ3) is 4.86. The summed E-state index contributed by atoms with van der Waals surface area (Å²) in [5, 5.41) is 3.56. The van der Waals surface area contributed by atoms with Gasteiger partial charge in [0.25, 0.3) is 0 Å². The van der Waals surface area contributed by atoms with Crippen LogP contribution in [0.25, 0.3) is 0 Å². The number of ether oxygens (including phenoxy) is 2. The molecule has 140 valence electrons. The number of rotatable bonds is 6. The number of hydrogen-bond acceptors (Lipinski definition) is 4. The molecular weight excluding hydrogens is 316 g/mol. The maximum absolute atomic E-state index is 5.55. The Morgan fingerprint density at radius 1 is 1.24 bits per heavy atom. The first-order chi connectivity index (χ1) is 12.0. The Hall–Kier alpha value is -1.79. The molecule has 1 aliphatic rings. The van der Waals surface area contributed by atoms with Gasteiger partial charge in [0.1, 0.15) is 5.75 Å². The van der Waals surface area contributed by atoms with Crippen LogP contribution in [0.15, 0.2) is 29.3 Å². The lowest BCUT2D eigenvalue weighted by atomic mass is 9.88. The van der Waals surface area contributed by atoms with Crippen molar-refractivity contribution < 1.29 is 9.47 Å². The Kier molecular flexibility index (Phi) is 7.08. The molecule has 0 radical (unpaired) electrons. The molecule has 1 aromatic carbocycles. The molecule has 0 unspecified atom stereocenters. The number of para-hydroxylation sites is 1. The van der Waals surface area contributed by atoms with Gasteiger partial charge in [0, 0.05) is 51.5 Å². The number of likely N-dealkylation sites (N-methyl/N-ethyl adjacent to an activating group) is 1. The predicted octanol–water partition coefficient (Wildman–Crippen LogP) is 1.81. The topological polar surface area (TPSA) is 49.3 Å². The van der Waals surface area contributed by atoms with Crippen molar-refractivity contribution in [1.29, 1.82) is 0 Å². The van der Waals surface area contributed by atoms with Crippen LogP contribution in [0.2, 0.25) is 0 Å². The van der Waals surface area contributed by atoms with E-state index in [0.29, 0.717) is 0 Å². The van der Waals surface area contributed by atoms with Gasteiger partial charge in [-0.2, -0.15) is 0 Å². The van der Waals surface area contributed by atoms with Gasteiger partial charge in [0.05, 0.1) is 7.11 Å². The second-order valence-corrected chi connectivity index (χ2v) is 6.80. The molecule has 0 aliphatic carbocycles. The van der Waals surface area contributed by atoms with Crippen molar-refractivity contribution in [3.05, 3.63) is 29.8 Å². The first-order valence-corrected chi connectivity index (χ1v) is 8.81. The molecule has 0 saturated carbocycles. The lowest BCUT2D eigenvalue weighted by Crippen LogP contribution is -2.57. The molecule has 1 N–H and O–H groups in total. The highest BCUT2D eigenvalue weighted by Gasteiger charge is 2.35. The molecule has 1 saturated heterocycles. The number of nitrogens with one attached hydrogen (secondary N) is 1. The molecule has 25 heavy (non-hydrogen) atoms. The van der Waals surface area contributed by atoms with E-state index in [0.717, 1.165) is 56.4 Å². The Bertz CT molecular complexity index is 568. The molecule has 1 fully saturated rings. The normalized spacial score (nSPS) is 17.4. The fourth-order valence-corrected chi connectivity index (χ4v) is 3.33. The molecular formula is C19H32N4O2. The van der Waals surface area contributed by atoms with Crippen LogP contribution in [0.5, 0.6) is 5.75 Å². The highest BCUT2D eigenvalue weighted by Crippen LogP contribution is 2.25. The van der Waals surface area contributed by atoms with Crippen molar-refractivity contribution in [2.45, 2.75) is 24.9 Å². The molecule has 0 amide bonds. The zero-order valence-corrected chi connectivity index (χ0v) is 16.2. The molecule has 0 bridgehead atoms. The van der Waals surface area contributed by atoms with Crippen LogP contribution in [0.3, 0.4) is 0 Å². The summed E-state index contributed by atoms with van der Waals surface area (Å²) in [4.78, 5) is 8.90. The minimum atomic E-state index is 0.111. The standard InChI is InChI=1S/C19H32N4O2/c1-20-18(21-15-19(22(2)3)10-12-25-13-11-19)23(4)14-16-8-6-7-9-17(16)24-5/h6-9H,10-15H2,1-5H3,(H,20,21). The quantitative estimate of drug-likeness (QED) is 0.628. The fraction of sp³-hybridized carbons (Fsp3) is 0.632. The van der Waals surface area contributed by atoms with Gasteiger partial charge in [-0.25, -0.2) is 0 Å². The number of methoxy groups -OCH3 is 1. The maximum atomic E-state index is 5.55. The van der Waals surface area contributed by atoms with Crippen molar-refractivity contribution in [3.63, 3.8) is 0 Å². The van der Waals surface area contributed by atoms with Gasteiger partial charge in [-0.1, -0.05) is 18.2 Å². The molecule has 6 heteroatoms. The largest absolute Gasteiger partial charge is 0.496 e. The van der Waals surface area contributed by atoms with E-state index in [2.05, 4.69) is 40.3 Å². The number of aliphatic imine (C=N–C) groups is 1. The summed E-state index contributed by atoms with van der Waals surface area (Å²) in [7, 11) is 9.88. The minimum absolute atomic E-state index is 0.111. The van der Waals surface area contributed by atoms with Crippen LogP contribution in [-0.4, -0.2) is 76.4 Å². The first-order valence-electron chi connectivity index (χ1n) is 8.81. The van der Waals surface area contributed by atoms with Gasteiger partial charge in [-0.15, -0.1) is 0 Å². The molecule has 1 heterocycles. The summed E-state index contributed by atoms with van der Waals surface area (Å²) in [6.45, 7) is 3.22. The van der Waals surface area contributed by atoms with Crippen LogP contribution >= 0.6 is 0 Å². The number of hydrogen-bond donors (Lipinski definition) is 1. The Morgan fingerprint density at radius 3 is 2.52 bits per heavy atom. The third-order valence-corrected chi connectivity index (χ3v) is 5.12. The summed E-state index contributed by atoms with van der Waals surface area (Å²) in [5.74, 6) is 1.79. The summed E-state index contributed by atoms with van der Waals surface area (Å²) in [6, 6.07) is 8.09. The van der Waals surface area contributed by atoms with Crippen molar-refractivity contribution in [3.8, 4) is 5.75 Å². The molecule has 1 aromatic rings. The van der Waals surface area contributed by atoms with E-state index in [1.807, 2.05) is 32.3 Å². The zero-order valence-electron chi connectivity index (χ0n) is 16.2. The van der Waals surface area contributed by atoms with Crippen LogP contribution in [0.1, 0.15) is 18.4 Å². The van der Waals surface area contributed by atoms with E-state index in [1.165, 1.54) is 0 Å². The smallest absolute Gasteiger partial charge is 0.193 e. The van der Waals surface area contributed by atoms with Crippen molar-refractivity contribution >= 4 is 5.96 Å². The van der Waals surface area contributed by atoms with Crippen LogP contribution in [0, 0.1) is 0 Å². The monoisotopic (exact) mass is 348 g/mol. The fourth-order valence-electron chi connectivity index (χ4n) is 3.33. The average Bonchev–Trinajstić information content (AvgIpc) is 2.63. The van der Waals surface area contributed by atoms with Crippen LogP contribution in [0.4, 0.5) is 0 Å². The number of guanidine groups is 1. The Labute approximate surface area is 151 Å². The van der Waals surface area contributed by atoms with Crippen molar-refractivity contribution in [2.24, 2.45) is 4.99 Å². The van der Waals surface area contributed by atoms with Gasteiger partial charge < -0.3 is 24.6 Å². The maximum Gasteiger partial charge on any atom is 0.193 e. The Morgan fingerprint density at radius 2 is 1.92 bits per heavy atom. The highest BCUT2D eigenvalue weighted by atomic mass is 16.5. The van der Waals surface area contributed by atoms with Gasteiger partial charge in [0.2, 0.25) is 0 Å². The molecule has 0 spiro atoms. The lowest BCUT2D eigenvalue weighted by molar-refractivity contribution is -0.00522. The van der Waals surface area contributed by atoms with E-state index in [4.69, 9.17) is 9.47 Å². The average molecular weight is 348 g/mol. The molecule has 6 nitrogen and oxygen atoms in total. The molecule has 1 aliphatic heterocycles. The molecule has 0 atom stereocenters. The van der Waals surface area contributed by atoms with Crippen molar-refractivity contribution in [2.75, 3.05) is 55.1 Å². The van der Waals surface area contributed by atoms with Crippen molar-refractivity contribution in [1.82, 2.24) is 15.1 Å². The summed E-state index contributed by atoms with van der Waals surface area (Å²) >= 11 is 0. The first kappa shape index (κ1) is 19.5. The minimum Gasteiger partial charge on any atom is -0.496 e. The van der Waals surface area contributed by atoms with Gasteiger partial charge in [-0.05, 0) is 33.0 Å². The van der Waals surface area contributed by atoms with E-state index >= 15 is 0 Å². The van der Waals surface area contributed by atoms with E-state index in [-0.39, 0.29) is 5.54 Å². The van der Waals surface area contributed by atoms with Crippen LogP contribution < -0.4 is 10.1 Å². The van der Waals surface area contributed by atoms with Gasteiger partial charge in [-0.3, -0.25) is 4.99 Å². The lowest BCUT2D eigenvalue weighted by Gasteiger charge is -2.43. The number of benzene rings is 1. The second-order valence-electron chi connectivity index (χ2n) is 6.80. The predicted molar refractivity (Wildman–Crippen MR) is 102 cm³/mol. The SMILES string of the molecule is CN=C(NCC1(N(C)C)CCOCC1)N(C)Cc1ccccc1OC. The van der Waals surface area contributed by atoms with E-state index in [1.54, 1.807) is 7.11 Å². The third-order valence-electron chi connectivity index (χ3n) is 5.12.